The number of Topliss-reactive ketones (excluding diaryl/α,β-unsaturated/α-hetero) is 6. The molecule has 148 heavy (non-hydrogen) atoms. The third-order valence-corrected chi connectivity index (χ3v) is 29.5. The maximum Gasteiger partial charge on any atom is 0.312 e. The van der Waals surface area contributed by atoms with Crippen LogP contribution in [0, 0.1) is 95.7 Å². The SMILES string of the molecule is C=C(OCCN1CCN(/N=C\C2=C3NC(=O)/C(C)=C\C=C\[C@H](C)[C@H](O)[C@@H](C)[C@@H](O)[C@@H](C)[C@H](OC(C)=O)[C@H](C)[C@@H](C)/C=C/O[C@@]4(C)Oc5c(C)c(O)c(c(c5C4=O)C2=O)C3=O)CC1)C(C)(C)CC(=O)CC(C=O)C=O.C=C(OCCN1CCN(/N=C\c2c3c(O)c4c(O)c(C)c5c(c4c2O)C(=O)[C@@](C)(O/C=C/[C@H](C)[C@@H](C)[C@@H](OC(C)=O)[C@H](C)[C@H](O)[C@H](C)[C@@H](O)[C@@H](C)/C=C/C=C(/C)C(=O)N3)O5)CC1)C(C)(C)CC(=O)CC(C=O)C=O. The van der Waals surface area contributed by atoms with Crippen molar-refractivity contribution in [1.82, 2.24) is 25.1 Å². The number of carbonyl (C=O) groups excluding carboxylic acids is 14. The summed E-state index contributed by atoms with van der Waals surface area (Å²) >= 11 is 0. The molecule has 10 bridgehead atoms. The number of phenolic OH excluding ortho intramolecular Hbond substituents is 4. The third kappa shape index (κ3) is 27.3. The van der Waals surface area contributed by atoms with Crippen LogP contribution < -0.4 is 20.1 Å². The molecular formula is C110H146N8O30. The standard InChI is InChI=1S/C55H74N4O15.C55H72N4O15/c2*1-29-16-22-72-55(12)52(69)43-41-42(47(66)35(7)51(43)74-55)49(68)44(57-53(70)31(3)15-13-14-30(2)45(64)33(5)46(65)34(6)50(32(29)4)73-37(9)62)40(48(41)67)26-56-59-19-17-58(18-20-59)21-23-71-36(8)54(10,11)25-39(63)24-38(27-60)28-61/h13-16,22,26-30,32-34,38,45-46,50,64-68H,8,17-21,23-25H2,1-7,9-12H3,(H,57,70);13-16,22,26-30,32-34,38,45-46,50,64-66H,8,17-21,23-25H2,1-7,9-12H3,(H,57,70)/b2*14-13+,22-16+,31-15-,56-26-/t2*29-,30-,32+,33+,34+,45-,46+,50+,55-/m00/s1. The zero-order chi connectivity index (χ0) is 110. The van der Waals surface area contributed by atoms with E-state index in [1.807, 2.05) is 27.7 Å². The minimum Gasteiger partial charge on any atom is -0.507 e. The van der Waals surface area contributed by atoms with Gasteiger partial charge in [-0.15, -0.1) is 0 Å². The van der Waals surface area contributed by atoms with Crippen LogP contribution in [0.25, 0.3) is 10.8 Å². The number of aldehydes is 4. The molecule has 1 aliphatic carbocycles. The minimum absolute atomic E-state index is 0.0327. The van der Waals surface area contributed by atoms with E-state index >= 15 is 0 Å². The number of allylic oxidation sites excluding steroid dienone is 10. The number of fused-ring (bicyclic) bond motifs is 28. The van der Waals surface area contributed by atoms with Gasteiger partial charge < -0.3 is 109 Å². The Bertz CT molecular complexity index is 5860. The van der Waals surface area contributed by atoms with Gasteiger partial charge in [-0.3, -0.25) is 67.8 Å². The van der Waals surface area contributed by atoms with Crippen molar-refractivity contribution < 1.29 is 146 Å². The zero-order valence-corrected chi connectivity index (χ0v) is 88.6. The average molecular weight is 2060 g/mol. The molecule has 0 unspecified atom stereocenters. The lowest BCUT2D eigenvalue weighted by atomic mass is 9.77. The van der Waals surface area contributed by atoms with Crippen molar-refractivity contribution >= 4 is 112 Å². The lowest BCUT2D eigenvalue weighted by Crippen LogP contribution is -2.45. The van der Waals surface area contributed by atoms with Crippen molar-refractivity contribution in [3.8, 4) is 34.5 Å². The highest BCUT2D eigenvalue weighted by Gasteiger charge is 2.55. The number of nitrogens with zero attached hydrogens (tertiary/aromatic N) is 6. The fraction of sp³-hybridized carbons (Fsp3) is 0.545. The van der Waals surface area contributed by atoms with Crippen molar-refractivity contribution in [3.63, 3.8) is 0 Å². The van der Waals surface area contributed by atoms with Crippen LogP contribution in [-0.4, -0.2) is 284 Å². The van der Waals surface area contributed by atoms with E-state index in [0.717, 1.165) is 6.21 Å². The molecule has 9 aliphatic rings. The average Bonchev–Trinajstić information content (AvgIpc) is 1.53. The Labute approximate surface area is 863 Å². The fourth-order valence-electron chi connectivity index (χ4n) is 19.0. The summed E-state index contributed by atoms with van der Waals surface area (Å²) in [6.45, 7) is 49.1. The van der Waals surface area contributed by atoms with Gasteiger partial charge in [0.2, 0.25) is 5.78 Å². The van der Waals surface area contributed by atoms with Crippen molar-refractivity contribution in [3.05, 3.63) is 147 Å². The summed E-state index contributed by atoms with van der Waals surface area (Å²) in [4.78, 5) is 185. The first-order valence-electron chi connectivity index (χ1n) is 50.0. The van der Waals surface area contributed by atoms with Crippen LogP contribution in [0.2, 0.25) is 0 Å². The predicted molar refractivity (Wildman–Crippen MR) is 548 cm³/mol. The number of benzene rings is 3. The van der Waals surface area contributed by atoms with Crippen molar-refractivity contribution in [1.29, 1.82) is 0 Å². The largest absolute Gasteiger partial charge is 0.507 e. The van der Waals surface area contributed by atoms with Crippen LogP contribution in [0.4, 0.5) is 5.69 Å². The Morgan fingerprint density at radius 2 is 0.878 bits per heavy atom. The number of aliphatic hydroxyl groups excluding tert-OH is 4. The van der Waals surface area contributed by atoms with Crippen LogP contribution in [0.15, 0.2) is 118 Å². The number of hydrogen-bond acceptors (Lipinski definition) is 36. The highest BCUT2D eigenvalue weighted by atomic mass is 16.7. The van der Waals surface area contributed by atoms with Crippen molar-refractivity contribution in [2.75, 3.05) is 84.0 Å². The van der Waals surface area contributed by atoms with Gasteiger partial charge >= 0.3 is 23.5 Å². The number of phenols is 4. The molecule has 2 saturated heterocycles. The second-order valence-corrected chi connectivity index (χ2v) is 41.6. The lowest BCUT2D eigenvalue weighted by Gasteiger charge is -2.37. The molecule has 2 amide bonds. The highest BCUT2D eigenvalue weighted by molar-refractivity contribution is 6.38. The molecule has 2 fully saturated rings. The first kappa shape index (κ1) is 118. The minimum atomic E-state index is -2.10. The van der Waals surface area contributed by atoms with Gasteiger partial charge in [0.25, 0.3) is 23.4 Å². The Hall–Kier alpha value is -13.1. The van der Waals surface area contributed by atoms with E-state index in [0.29, 0.717) is 102 Å². The number of hydrazone groups is 2. The van der Waals surface area contributed by atoms with Crippen LogP contribution >= 0.6 is 0 Å². The quantitative estimate of drug-likeness (QED) is 0.00614. The van der Waals surface area contributed by atoms with Gasteiger partial charge in [-0.25, -0.2) is 0 Å². The van der Waals surface area contributed by atoms with Gasteiger partial charge in [0.15, 0.2) is 11.5 Å². The van der Waals surface area contributed by atoms with Crippen LogP contribution in [-0.2, 0) is 76.4 Å². The van der Waals surface area contributed by atoms with Crippen LogP contribution in [0.1, 0.15) is 222 Å². The zero-order valence-electron chi connectivity index (χ0n) is 88.6. The normalized spacial score (nSPS) is 28.5. The maximum absolute atomic E-state index is 14.9. The number of anilines is 1. The molecule has 3 aromatic carbocycles. The molecular weight excluding hydrogens is 1910 g/mol. The number of nitrogens with one attached hydrogen (secondary N) is 2. The molecule has 8 aliphatic heterocycles. The summed E-state index contributed by atoms with van der Waals surface area (Å²) in [5, 5.41) is 111. The Balaban J connectivity index is 0.000000329. The van der Waals surface area contributed by atoms with E-state index in [9.17, 15) is 108 Å². The van der Waals surface area contributed by atoms with Crippen molar-refractivity contribution in [2.45, 2.75) is 226 Å². The molecule has 0 aromatic heterocycles. The summed E-state index contributed by atoms with van der Waals surface area (Å²) in [5.41, 5.74) is -4.13. The molecule has 18 atom stereocenters. The maximum atomic E-state index is 14.9. The number of aliphatic hydroxyl groups is 4. The first-order chi connectivity index (χ1) is 69.4. The number of ether oxygens (including phenoxy) is 8. The monoisotopic (exact) mass is 2060 g/mol. The Kier molecular flexibility index (Phi) is 40.2. The smallest absolute Gasteiger partial charge is 0.312 e. The summed E-state index contributed by atoms with van der Waals surface area (Å²) in [6.07, 6.45) is 13.0. The summed E-state index contributed by atoms with van der Waals surface area (Å²) in [6, 6.07) is 0. The number of aromatic hydroxyl groups is 4. The summed E-state index contributed by atoms with van der Waals surface area (Å²) < 4.78 is 47.8. The van der Waals surface area contributed by atoms with E-state index in [2.05, 4.69) is 43.8 Å². The van der Waals surface area contributed by atoms with Crippen LogP contribution in [0.5, 0.6) is 34.5 Å². The molecule has 10 N–H and O–H groups in total. The van der Waals surface area contributed by atoms with Gasteiger partial charge in [0, 0.05) is 193 Å². The molecule has 12 rings (SSSR count). The van der Waals surface area contributed by atoms with Gasteiger partial charge in [-0.05, 0) is 63.5 Å². The topological polar surface area (TPSA) is 536 Å². The summed E-state index contributed by atoms with van der Waals surface area (Å²) in [7, 11) is 0. The molecule has 3 aromatic rings. The third-order valence-electron chi connectivity index (χ3n) is 29.5. The van der Waals surface area contributed by atoms with Crippen molar-refractivity contribution in [2.24, 2.45) is 92.0 Å². The highest BCUT2D eigenvalue weighted by Crippen LogP contribution is 2.56. The van der Waals surface area contributed by atoms with E-state index in [4.69, 9.17) is 37.9 Å². The molecule has 0 radical (unpaired) electrons. The number of amides is 2. The van der Waals surface area contributed by atoms with Gasteiger partial charge in [-0.2, -0.15) is 10.2 Å². The molecule has 38 heteroatoms. The molecule has 38 nitrogen and oxygen atoms in total. The van der Waals surface area contributed by atoms with E-state index in [1.54, 1.807) is 116 Å². The fourth-order valence-corrected chi connectivity index (χ4v) is 19.0. The number of esters is 2. The molecule has 806 valence electrons. The lowest BCUT2D eigenvalue weighted by molar-refractivity contribution is -0.159. The second kappa shape index (κ2) is 50.2. The Morgan fingerprint density at radius 1 is 0.486 bits per heavy atom. The Morgan fingerprint density at radius 3 is 1.29 bits per heavy atom. The summed E-state index contributed by atoms with van der Waals surface area (Å²) in [5.74, 6) is -20.1. The number of carbonyl (C=O) groups is 14. The first-order valence-corrected chi connectivity index (χ1v) is 50.0. The second-order valence-electron chi connectivity index (χ2n) is 41.6. The molecule has 0 spiro atoms. The van der Waals surface area contributed by atoms with Crippen LogP contribution in [0.3, 0.4) is 0 Å². The van der Waals surface area contributed by atoms with E-state index < -0.39 is 211 Å². The van der Waals surface area contributed by atoms with Gasteiger partial charge in [0.1, 0.15) is 96.6 Å². The number of hydrogen-bond donors (Lipinski definition) is 10. The van der Waals surface area contributed by atoms with E-state index in [-0.39, 0.29) is 129 Å². The molecule has 0 saturated carbocycles. The number of piperazine rings is 2. The predicted octanol–water partition coefficient (Wildman–Crippen LogP) is 11.4. The van der Waals surface area contributed by atoms with E-state index in [1.165, 1.54) is 86.3 Å². The molecule has 8 heterocycles. The number of ketones is 6. The van der Waals surface area contributed by atoms with Gasteiger partial charge in [-0.1, -0.05) is 147 Å². The number of rotatable bonds is 28. The van der Waals surface area contributed by atoms with Gasteiger partial charge in [0.05, 0.1) is 117 Å².